The third-order valence-electron chi connectivity index (χ3n) is 2.28. The monoisotopic (exact) mass is 241 g/mol. The lowest BCUT2D eigenvalue weighted by Crippen LogP contribution is -1.89. The molecule has 0 spiro atoms. The molecule has 0 fully saturated rings. The number of halogens is 2. The topological polar surface area (TPSA) is 33.1 Å². The molecule has 0 bridgehead atoms. The first-order valence-electron chi connectivity index (χ1n) is 4.60. The number of fused-ring (bicyclic) bond motifs is 1. The maximum Gasteiger partial charge on any atom is 0.160 e. The maximum absolute atomic E-state index is 9.75. The zero-order valence-corrected chi connectivity index (χ0v) is 9.60. The standard InChI is InChI=1S/C11H9Cl2NO/c1-2-6-3-4-7-8(12)5-9(13)11(15)10(7)14-6/h3-5,15H,2H2,1H3. The molecule has 2 rings (SSSR count). The highest BCUT2D eigenvalue weighted by Crippen LogP contribution is 2.36. The van der Waals surface area contributed by atoms with Crippen LogP contribution in [0.4, 0.5) is 0 Å². The highest BCUT2D eigenvalue weighted by atomic mass is 35.5. The van der Waals surface area contributed by atoms with Gasteiger partial charge in [-0.2, -0.15) is 0 Å². The number of phenols is 1. The molecule has 4 heteroatoms. The van der Waals surface area contributed by atoms with Gasteiger partial charge in [0.1, 0.15) is 5.52 Å². The molecule has 0 radical (unpaired) electrons. The Bertz CT molecular complexity index is 525. The van der Waals surface area contributed by atoms with Crippen molar-refractivity contribution in [3.63, 3.8) is 0 Å². The molecule has 1 N–H and O–H groups in total. The van der Waals surface area contributed by atoms with Crippen LogP contribution in [0, 0.1) is 0 Å². The van der Waals surface area contributed by atoms with E-state index in [2.05, 4.69) is 4.98 Å². The minimum absolute atomic E-state index is 0.00799. The molecule has 15 heavy (non-hydrogen) atoms. The van der Waals surface area contributed by atoms with Gasteiger partial charge in [0.2, 0.25) is 0 Å². The van der Waals surface area contributed by atoms with Crippen molar-refractivity contribution in [3.8, 4) is 5.75 Å². The third kappa shape index (κ3) is 1.75. The van der Waals surface area contributed by atoms with E-state index < -0.39 is 0 Å². The number of pyridine rings is 1. The van der Waals surface area contributed by atoms with Crippen LogP contribution < -0.4 is 0 Å². The van der Waals surface area contributed by atoms with Gasteiger partial charge in [-0.05, 0) is 24.6 Å². The van der Waals surface area contributed by atoms with E-state index in [0.29, 0.717) is 10.5 Å². The number of hydrogen-bond acceptors (Lipinski definition) is 2. The quantitative estimate of drug-likeness (QED) is 0.824. The van der Waals surface area contributed by atoms with Crippen LogP contribution in [0.3, 0.4) is 0 Å². The van der Waals surface area contributed by atoms with Gasteiger partial charge in [0.05, 0.1) is 10.0 Å². The molecule has 2 aromatic rings. The Morgan fingerprint density at radius 2 is 2.00 bits per heavy atom. The first-order valence-corrected chi connectivity index (χ1v) is 5.35. The Kier molecular flexibility index (Phi) is 2.72. The Morgan fingerprint density at radius 1 is 1.27 bits per heavy atom. The van der Waals surface area contributed by atoms with E-state index in [1.807, 2.05) is 19.1 Å². The molecule has 0 aliphatic carbocycles. The molecule has 0 saturated carbocycles. The Labute approximate surface area is 97.5 Å². The van der Waals surface area contributed by atoms with E-state index in [4.69, 9.17) is 23.2 Å². The summed E-state index contributed by atoms with van der Waals surface area (Å²) in [6.45, 7) is 2.00. The average Bonchev–Trinajstić information content (AvgIpc) is 2.25. The van der Waals surface area contributed by atoms with Crippen molar-refractivity contribution in [1.29, 1.82) is 0 Å². The summed E-state index contributed by atoms with van der Waals surface area (Å²) in [5, 5.41) is 11.2. The van der Waals surface area contributed by atoms with Crippen molar-refractivity contribution in [2.24, 2.45) is 0 Å². The second kappa shape index (κ2) is 3.87. The minimum Gasteiger partial charge on any atom is -0.504 e. The van der Waals surface area contributed by atoms with Gasteiger partial charge < -0.3 is 5.11 Å². The lowest BCUT2D eigenvalue weighted by atomic mass is 10.1. The first kappa shape index (κ1) is 10.5. The number of rotatable bonds is 1. The van der Waals surface area contributed by atoms with Crippen LogP contribution in [0.25, 0.3) is 10.9 Å². The van der Waals surface area contributed by atoms with Crippen molar-refractivity contribution in [2.75, 3.05) is 0 Å². The van der Waals surface area contributed by atoms with Gasteiger partial charge in [-0.25, -0.2) is 4.98 Å². The highest BCUT2D eigenvalue weighted by Gasteiger charge is 2.10. The van der Waals surface area contributed by atoms with Gasteiger partial charge in [-0.15, -0.1) is 0 Å². The van der Waals surface area contributed by atoms with Gasteiger partial charge in [0.15, 0.2) is 5.75 Å². The lowest BCUT2D eigenvalue weighted by molar-refractivity contribution is 0.480. The predicted octanol–water partition coefficient (Wildman–Crippen LogP) is 3.81. The van der Waals surface area contributed by atoms with Crippen molar-refractivity contribution in [2.45, 2.75) is 13.3 Å². The van der Waals surface area contributed by atoms with Gasteiger partial charge >= 0.3 is 0 Å². The van der Waals surface area contributed by atoms with Crippen LogP contribution in [0.5, 0.6) is 5.75 Å². The SMILES string of the molecule is CCc1ccc2c(Cl)cc(Cl)c(O)c2n1. The summed E-state index contributed by atoms with van der Waals surface area (Å²) in [6, 6.07) is 5.26. The molecule has 0 atom stereocenters. The van der Waals surface area contributed by atoms with Gasteiger partial charge in [0, 0.05) is 11.1 Å². The van der Waals surface area contributed by atoms with Crippen LogP contribution >= 0.6 is 23.2 Å². The zero-order chi connectivity index (χ0) is 11.0. The summed E-state index contributed by atoms with van der Waals surface area (Å²) in [7, 11) is 0. The van der Waals surface area contributed by atoms with Crippen molar-refractivity contribution in [3.05, 3.63) is 33.9 Å². The van der Waals surface area contributed by atoms with E-state index >= 15 is 0 Å². The maximum atomic E-state index is 9.75. The Morgan fingerprint density at radius 3 is 2.67 bits per heavy atom. The number of phenolic OH excluding ortho intramolecular Hbond substituents is 1. The molecule has 1 heterocycles. The lowest BCUT2D eigenvalue weighted by Gasteiger charge is -2.06. The number of nitrogens with zero attached hydrogens (tertiary/aromatic N) is 1. The van der Waals surface area contributed by atoms with E-state index in [9.17, 15) is 5.11 Å². The smallest absolute Gasteiger partial charge is 0.160 e. The average molecular weight is 242 g/mol. The number of aromatic hydroxyl groups is 1. The molecular weight excluding hydrogens is 233 g/mol. The summed E-state index contributed by atoms with van der Waals surface area (Å²) in [5.41, 5.74) is 1.36. The molecule has 0 amide bonds. The fraction of sp³-hybridized carbons (Fsp3) is 0.182. The zero-order valence-electron chi connectivity index (χ0n) is 8.09. The third-order valence-corrected chi connectivity index (χ3v) is 2.88. The summed E-state index contributed by atoms with van der Waals surface area (Å²) in [5.74, 6) is -0.00799. The normalized spacial score (nSPS) is 10.9. The van der Waals surface area contributed by atoms with Crippen LogP contribution in [0.2, 0.25) is 10.0 Å². The second-order valence-electron chi connectivity index (χ2n) is 3.24. The van der Waals surface area contributed by atoms with Crippen LogP contribution in [0.1, 0.15) is 12.6 Å². The van der Waals surface area contributed by atoms with E-state index in [-0.39, 0.29) is 10.8 Å². The van der Waals surface area contributed by atoms with Gasteiger partial charge in [-0.1, -0.05) is 30.1 Å². The van der Waals surface area contributed by atoms with Crippen molar-refractivity contribution in [1.82, 2.24) is 4.98 Å². The van der Waals surface area contributed by atoms with E-state index in [0.717, 1.165) is 17.5 Å². The summed E-state index contributed by atoms with van der Waals surface area (Å²) < 4.78 is 0. The van der Waals surface area contributed by atoms with Crippen LogP contribution in [-0.2, 0) is 6.42 Å². The fourth-order valence-electron chi connectivity index (χ4n) is 1.44. The first-order chi connectivity index (χ1) is 7.13. The van der Waals surface area contributed by atoms with Gasteiger partial charge in [0.25, 0.3) is 0 Å². The highest BCUT2D eigenvalue weighted by molar-refractivity contribution is 6.39. The van der Waals surface area contributed by atoms with E-state index in [1.54, 1.807) is 0 Å². The fourth-order valence-corrected chi connectivity index (χ4v) is 1.96. The molecule has 0 aliphatic rings. The minimum atomic E-state index is -0.00799. The number of hydrogen-bond donors (Lipinski definition) is 1. The predicted molar refractivity (Wildman–Crippen MR) is 62.8 cm³/mol. The number of aryl methyl sites for hydroxylation is 1. The molecule has 0 aliphatic heterocycles. The Balaban J connectivity index is 2.85. The van der Waals surface area contributed by atoms with Gasteiger partial charge in [-0.3, -0.25) is 0 Å². The van der Waals surface area contributed by atoms with Crippen LogP contribution in [0.15, 0.2) is 18.2 Å². The van der Waals surface area contributed by atoms with Crippen molar-refractivity contribution < 1.29 is 5.11 Å². The second-order valence-corrected chi connectivity index (χ2v) is 4.06. The summed E-state index contributed by atoms with van der Waals surface area (Å²) in [4.78, 5) is 4.30. The van der Waals surface area contributed by atoms with Crippen LogP contribution in [-0.4, -0.2) is 10.1 Å². The molecule has 78 valence electrons. The molecule has 0 unspecified atom stereocenters. The summed E-state index contributed by atoms with van der Waals surface area (Å²) >= 11 is 11.8. The molecule has 2 nitrogen and oxygen atoms in total. The molecule has 1 aromatic heterocycles. The summed E-state index contributed by atoms with van der Waals surface area (Å²) in [6.07, 6.45) is 0.805. The number of aromatic nitrogens is 1. The molecule has 0 saturated heterocycles. The van der Waals surface area contributed by atoms with E-state index in [1.165, 1.54) is 6.07 Å². The molecular formula is C11H9Cl2NO. The number of benzene rings is 1. The molecule has 1 aromatic carbocycles. The van der Waals surface area contributed by atoms with Crippen molar-refractivity contribution >= 4 is 34.1 Å². The largest absolute Gasteiger partial charge is 0.504 e. The Hall–Kier alpha value is -0.990.